The van der Waals surface area contributed by atoms with Gasteiger partial charge >= 0.3 is 0 Å². The summed E-state index contributed by atoms with van der Waals surface area (Å²) in [5.41, 5.74) is 6.64. The van der Waals surface area contributed by atoms with Crippen molar-refractivity contribution in [2.24, 2.45) is 5.73 Å². The molecule has 1 atom stereocenters. The third-order valence-electron chi connectivity index (χ3n) is 2.23. The zero-order chi connectivity index (χ0) is 11.1. The summed E-state index contributed by atoms with van der Waals surface area (Å²) >= 11 is 1.61. The molecule has 0 aromatic carbocycles. The molecule has 0 aliphatic heterocycles. The van der Waals surface area contributed by atoms with E-state index < -0.39 is 0 Å². The molecule has 0 aliphatic carbocycles. The first-order chi connectivity index (χ1) is 7.26. The summed E-state index contributed by atoms with van der Waals surface area (Å²) in [7, 11) is 0. The molecule has 1 aromatic heterocycles. The molecule has 0 saturated carbocycles. The Balaban J connectivity index is 2.34. The van der Waals surface area contributed by atoms with Gasteiger partial charge in [0.15, 0.2) is 0 Å². The van der Waals surface area contributed by atoms with Crippen molar-refractivity contribution in [1.82, 2.24) is 5.32 Å². The first-order valence-corrected chi connectivity index (χ1v) is 6.21. The predicted molar refractivity (Wildman–Crippen MR) is 63.9 cm³/mol. The fraction of sp³-hybridized carbons (Fsp3) is 0.545. The number of nitrogens with one attached hydrogen (secondary N) is 1. The molecule has 4 heteroatoms. The normalized spacial score (nSPS) is 12.4. The second-order valence-corrected chi connectivity index (χ2v) is 4.38. The standard InChI is InChI=1S/C11H18N2OS/c1-2-3-10(7-12)13-11(14)6-9-4-5-15-8-9/h4-5,8,10H,2-3,6-7,12H2,1H3,(H,13,14). The smallest absolute Gasteiger partial charge is 0.224 e. The topological polar surface area (TPSA) is 55.1 Å². The summed E-state index contributed by atoms with van der Waals surface area (Å²) in [5.74, 6) is 0.0669. The van der Waals surface area contributed by atoms with E-state index in [1.54, 1.807) is 11.3 Å². The Morgan fingerprint density at radius 2 is 2.47 bits per heavy atom. The largest absolute Gasteiger partial charge is 0.352 e. The van der Waals surface area contributed by atoms with E-state index in [1.807, 2.05) is 16.8 Å². The summed E-state index contributed by atoms with van der Waals surface area (Å²) in [4.78, 5) is 11.6. The highest BCUT2D eigenvalue weighted by molar-refractivity contribution is 7.07. The zero-order valence-corrected chi connectivity index (χ0v) is 9.85. The molecule has 15 heavy (non-hydrogen) atoms. The van der Waals surface area contributed by atoms with Crippen molar-refractivity contribution in [3.63, 3.8) is 0 Å². The van der Waals surface area contributed by atoms with Crippen molar-refractivity contribution in [3.8, 4) is 0 Å². The molecule has 1 heterocycles. The quantitative estimate of drug-likeness (QED) is 0.773. The lowest BCUT2D eigenvalue weighted by molar-refractivity contribution is -0.121. The fourth-order valence-electron chi connectivity index (χ4n) is 1.45. The second kappa shape index (κ2) is 6.58. The molecular formula is C11H18N2OS. The van der Waals surface area contributed by atoms with Crippen LogP contribution in [0.25, 0.3) is 0 Å². The lowest BCUT2D eigenvalue weighted by atomic mass is 10.1. The number of hydrogen-bond acceptors (Lipinski definition) is 3. The Morgan fingerprint density at radius 3 is 3.00 bits per heavy atom. The molecule has 0 radical (unpaired) electrons. The minimum atomic E-state index is 0.0669. The molecule has 1 amide bonds. The molecule has 0 bridgehead atoms. The monoisotopic (exact) mass is 226 g/mol. The van der Waals surface area contributed by atoms with Crippen LogP contribution in [0.15, 0.2) is 16.8 Å². The van der Waals surface area contributed by atoms with Gasteiger partial charge in [0, 0.05) is 12.6 Å². The molecule has 84 valence electrons. The minimum Gasteiger partial charge on any atom is -0.352 e. The Kier molecular flexibility index (Phi) is 5.36. The van der Waals surface area contributed by atoms with E-state index in [0.29, 0.717) is 13.0 Å². The SMILES string of the molecule is CCCC(CN)NC(=O)Cc1ccsc1. The van der Waals surface area contributed by atoms with Crippen molar-refractivity contribution in [1.29, 1.82) is 0 Å². The number of hydrogen-bond donors (Lipinski definition) is 2. The number of rotatable bonds is 6. The lowest BCUT2D eigenvalue weighted by Crippen LogP contribution is -2.40. The van der Waals surface area contributed by atoms with E-state index in [4.69, 9.17) is 5.73 Å². The number of amides is 1. The maximum absolute atomic E-state index is 11.6. The molecule has 3 N–H and O–H groups in total. The van der Waals surface area contributed by atoms with Crippen molar-refractivity contribution >= 4 is 17.2 Å². The van der Waals surface area contributed by atoms with Crippen molar-refractivity contribution in [2.45, 2.75) is 32.2 Å². The first kappa shape index (κ1) is 12.2. The van der Waals surface area contributed by atoms with Crippen LogP contribution in [0, 0.1) is 0 Å². The van der Waals surface area contributed by atoms with Gasteiger partial charge in [-0.2, -0.15) is 11.3 Å². The fourth-order valence-corrected chi connectivity index (χ4v) is 2.12. The van der Waals surface area contributed by atoms with Gasteiger partial charge in [0.2, 0.25) is 5.91 Å². The van der Waals surface area contributed by atoms with E-state index in [1.165, 1.54) is 0 Å². The molecular weight excluding hydrogens is 208 g/mol. The Labute approximate surface area is 94.7 Å². The van der Waals surface area contributed by atoms with Gasteiger partial charge in [-0.15, -0.1) is 0 Å². The van der Waals surface area contributed by atoms with Crippen LogP contribution in [0.4, 0.5) is 0 Å². The zero-order valence-electron chi connectivity index (χ0n) is 9.03. The highest BCUT2D eigenvalue weighted by Crippen LogP contribution is 2.06. The number of thiophene rings is 1. The van der Waals surface area contributed by atoms with Crippen molar-refractivity contribution in [2.75, 3.05) is 6.54 Å². The van der Waals surface area contributed by atoms with E-state index in [0.717, 1.165) is 18.4 Å². The third-order valence-corrected chi connectivity index (χ3v) is 2.96. The van der Waals surface area contributed by atoms with Gasteiger partial charge in [-0.25, -0.2) is 0 Å². The van der Waals surface area contributed by atoms with Crippen LogP contribution in [-0.4, -0.2) is 18.5 Å². The predicted octanol–water partition coefficient (Wildman–Crippen LogP) is 1.53. The van der Waals surface area contributed by atoms with Crippen molar-refractivity contribution in [3.05, 3.63) is 22.4 Å². The molecule has 3 nitrogen and oxygen atoms in total. The maximum Gasteiger partial charge on any atom is 0.224 e. The molecule has 1 aromatic rings. The van der Waals surface area contributed by atoms with Gasteiger partial charge in [-0.05, 0) is 28.8 Å². The van der Waals surface area contributed by atoms with Crippen molar-refractivity contribution < 1.29 is 4.79 Å². The van der Waals surface area contributed by atoms with Crippen LogP contribution in [-0.2, 0) is 11.2 Å². The maximum atomic E-state index is 11.6. The summed E-state index contributed by atoms with van der Waals surface area (Å²) in [6.45, 7) is 2.61. The summed E-state index contributed by atoms with van der Waals surface area (Å²) in [6, 6.07) is 2.10. The summed E-state index contributed by atoms with van der Waals surface area (Å²) in [6.07, 6.45) is 2.45. The second-order valence-electron chi connectivity index (χ2n) is 3.60. The van der Waals surface area contributed by atoms with Gasteiger partial charge in [0.1, 0.15) is 0 Å². The van der Waals surface area contributed by atoms with Crippen LogP contribution >= 0.6 is 11.3 Å². The molecule has 0 aliphatic rings. The minimum absolute atomic E-state index is 0.0669. The number of carbonyl (C=O) groups is 1. The van der Waals surface area contributed by atoms with Gasteiger partial charge in [-0.1, -0.05) is 13.3 Å². The third kappa shape index (κ3) is 4.44. The van der Waals surface area contributed by atoms with Gasteiger partial charge < -0.3 is 11.1 Å². The van der Waals surface area contributed by atoms with Crippen LogP contribution in [0.5, 0.6) is 0 Å². The average molecular weight is 226 g/mol. The Morgan fingerprint density at radius 1 is 1.67 bits per heavy atom. The first-order valence-electron chi connectivity index (χ1n) is 5.26. The molecule has 0 fully saturated rings. The van der Waals surface area contributed by atoms with E-state index in [-0.39, 0.29) is 11.9 Å². The Bertz CT molecular complexity index is 285. The van der Waals surface area contributed by atoms with Gasteiger partial charge in [0.25, 0.3) is 0 Å². The molecule has 1 unspecified atom stereocenters. The van der Waals surface area contributed by atoms with E-state index in [2.05, 4.69) is 12.2 Å². The van der Waals surface area contributed by atoms with Crippen LogP contribution in [0.2, 0.25) is 0 Å². The molecule has 0 saturated heterocycles. The van der Waals surface area contributed by atoms with Crippen LogP contribution in [0.1, 0.15) is 25.3 Å². The Hall–Kier alpha value is -0.870. The number of nitrogens with two attached hydrogens (primary N) is 1. The van der Waals surface area contributed by atoms with Crippen LogP contribution < -0.4 is 11.1 Å². The summed E-state index contributed by atoms with van der Waals surface area (Å²) < 4.78 is 0. The highest BCUT2D eigenvalue weighted by Gasteiger charge is 2.09. The average Bonchev–Trinajstić information content (AvgIpc) is 2.69. The lowest BCUT2D eigenvalue weighted by Gasteiger charge is -2.15. The summed E-state index contributed by atoms with van der Waals surface area (Å²) in [5, 5.41) is 6.92. The van der Waals surface area contributed by atoms with E-state index >= 15 is 0 Å². The van der Waals surface area contributed by atoms with E-state index in [9.17, 15) is 4.79 Å². The van der Waals surface area contributed by atoms with Gasteiger partial charge in [-0.3, -0.25) is 4.79 Å². The number of carbonyl (C=O) groups excluding carboxylic acids is 1. The molecule has 0 spiro atoms. The molecule has 1 rings (SSSR count). The highest BCUT2D eigenvalue weighted by atomic mass is 32.1. The van der Waals surface area contributed by atoms with Gasteiger partial charge in [0.05, 0.1) is 6.42 Å². The van der Waals surface area contributed by atoms with Crippen LogP contribution in [0.3, 0.4) is 0 Å².